The summed E-state index contributed by atoms with van der Waals surface area (Å²) in [6.45, 7) is 1.71. The molecular weight excluding hydrogens is 166 g/mol. The minimum absolute atomic E-state index is 0.120. The van der Waals surface area contributed by atoms with E-state index < -0.39 is 6.10 Å². The number of benzene rings is 1. The van der Waals surface area contributed by atoms with Crippen LogP contribution in [0.4, 0.5) is 0 Å². The van der Waals surface area contributed by atoms with E-state index in [4.69, 9.17) is 5.11 Å². The van der Waals surface area contributed by atoms with Crippen LogP contribution in [0.15, 0.2) is 30.3 Å². The molecule has 0 spiro atoms. The molecule has 0 aliphatic carbocycles. The number of hydrogen-bond donors (Lipinski definition) is 3. The Labute approximate surface area is 78.0 Å². The van der Waals surface area contributed by atoms with Crippen LogP contribution in [-0.4, -0.2) is 23.0 Å². The number of nitrogens with one attached hydrogen (secondary N) is 1. The fourth-order valence-corrected chi connectivity index (χ4v) is 1.19. The van der Waals surface area contributed by atoms with Crippen molar-refractivity contribution in [3.8, 4) is 0 Å². The van der Waals surface area contributed by atoms with Gasteiger partial charge in [0.2, 0.25) is 0 Å². The summed E-state index contributed by atoms with van der Waals surface area (Å²) in [7, 11) is 0. The molecule has 13 heavy (non-hydrogen) atoms. The van der Waals surface area contributed by atoms with Gasteiger partial charge in [0.15, 0.2) is 0 Å². The van der Waals surface area contributed by atoms with Crippen molar-refractivity contribution in [2.45, 2.75) is 19.1 Å². The van der Waals surface area contributed by atoms with Gasteiger partial charge in [0.25, 0.3) is 0 Å². The van der Waals surface area contributed by atoms with Gasteiger partial charge in [-0.2, -0.15) is 0 Å². The van der Waals surface area contributed by atoms with Crippen LogP contribution in [0.5, 0.6) is 0 Å². The molecule has 3 N–H and O–H groups in total. The molecule has 3 nitrogen and oxygen atoms in total. The first-order chi connectivity index (χ1) is 6.25. The molecule has 1 aromatic carbocycles. The molecule has 1 aromatic rings. The lowest BCUT2D eigenvalue weighted by molar-refractivity contribution is 0.115. The monoisotopic (exact) mass is 181 g/mol. The molecule has 0 saturated carbocycles. The Hall–Kier alpha value is -0.900. The Bertz CT molecular complexity index is 238. The van der Waals surface area contributed by atoms with Gasteiger partial charge in [0, 0.05) is 6.04 Å². The molecule has 0 heterocycles. The van der Waals surface area contributed by atoms with Crippen LogP contribution >= 0.6 is 0 Å². The van der Waals surface area contributed by atoms with Gasteiger partial charge in [-0.1, -0.05) is 30.3 Å². The molecular formula is C10H15NO2. The highest BCUT2D eigenvalue weighted by Crippen LogP contribution is 2.15. The zero-order valence-corrected chi connectivity index (χ0v) is 7.64. The van der Waals surface area contributed by atoms with E-state index in [2.05, 4.69) is 5.32 Å². The third-order valence-electron chi connectivity index (χ3n) is 2.03. The van der Waals surface area contributed by atoms with E-state index in [1.165, 1.54) is 0 Å². The Morgan fingerprint density at radius 2 is 1.92 bits per heavy atom. The van der Waals surface area contributed by atoms with Crippen LogP contribution in [0.2, 0.25) is 0 Å². The standard InChI is InChI=1S/C10H15NO2/c1-8(11-7-12)10(13)9-5-3-2-4-6-9/h2-6,8,10-13H,7H2,1H3/t8-,10+/m1/s1. The van der Waals surface area contributed by atoms with Crippen molar-refractivity contribution in [3.63, 3.8) is 0 Å². The van der Waals surface area contributed by atoms with Crippen molar-refractivity contribution < 1.29 is 10.2 Å². The van der Waals surface area contributed by atoms with Crippen molar-refractivity contribution in [3.05, 3.63) is 35.9 Å². The Kier molecular flexibility index (Phi) is 3.89. The molecule has 3 heteroatoms. The molecule has 0 fully saturated rings. The van der Waals surface area contributed by atoms with Crippen molar-refractivity contribution in [1.29, 1.82) is 0 Å². The number of rotatable bonds is 4. The SMILES string of the molecule is C[C@@H](NCO)[C@H](O)c1ccccc1. The van der Waals surface area contributed by atoms with E-state index in [9.17, 15) is 5.11 Å². The summed E-state index contributed by atoms with van der Waals surface area (Å²) in [6, 6.07) is 9.24. The van der Waals surface area contributed by atoms with Gasteiger partial charge < -0.3 is 10.2 Å². The molecule has 72 valence electrons. The van der Waals surface area contributed by atoms with Crippen LogP contribution in [-0.2, 0) is 0 Å². The van der Waals surface area contributed by atoms with Crippen LogP contribution in [0.3, 0.4) is 0 Å². The molecule has 0 aliphatic heterocycles. The zero-order valence-electron chi connectivity index (χ0n) is 7.64. The predicted molar refractivity (Wildman–Crippen MR) is 51.1 cm³/mol. The van der Waals surface area contributed by atoms with E-state index in [1.54, 1.807) is 0 Å². The number of aliphatic hydroxyl groups is 2. The summed E-state index contributed by atoms with van der Waals surface area (Å²) in [6.07, 6.45) is -0.576. The fraction of sp³-hybridized carbons (Fsp3) is 0.400. The van der Waals surface area contributed by atoms with Crippen LogP contribution in [0.25, 0.3) is 0 Å². The number of aliphatic hydroxyl groups excluding tert-OH is 2. The van der Waals surface area contributed by atoms with Crippen LogP contribution in [0, 0.1) is 0 Å². The average Bonchev–Trinajstić information content (AvgIpc) is 2.18. The molecule has 1 rings (SSSR count). The highest BCUT2D eigenvalue weighted by Gasteiger charge is 2.14. The summed E-state index contributed by atoms with van der Waals surface area (Å²) in [5.74, 6) is 0. The van der Waals surface area contributed by atoms with E-state index in [1.807, 2.05) is 37.3 Å². The van der Waals surface area contributed by atoms with Gasteiger partial charge >= 0.3 is 0 Å². The maximum Gasteiger partial charge on any atom is 0.0941 e. The zero-order chi connectivity index (χ0) is 9.68. The highest BCUT2D eigenvalue weighted by molar-refractivity contribution is 5.18. The maximum atomic E-state index is 9.75. The molecule has 0 radical (unpaired) electrons. The van der Waals surface area contributed by atoms with Crippen molar-refractivity contribution in [2.75, 3.05) is 6.73 Å². The molecule has 0 amide bonds. The summed E-state index contributed by atoms with van der Waals surface area (Å²) >= 11 is 0. The predicted octanol–water partition coefficient (Wildman–Crippen LogP) is 0.648. The molecule has 0 bridgehead atoms. The van der Waals surface area contributed by atoms with E-state index in [0.29, 0.717) is 0 Å². The molecule has 0 saturated heterocycles. The summed E-state index contributed by atoms with van der Waals surface area (Å²) < 4.78 is 0. The van der Waals surface area contributed by atoms with Gasteiger partial charge in [-0.25, -0.2) is 0 Å². The lowest BCUT2D eigenvalue weighted by Gasteiger charge is -2.19. The third-order valence-corrected chi connectivity index (χ3v) is 2.03. The van der Waals surface area contributed by atoms with Gasteiger partial charge in [-0.15, -0.1) is 0 Å². The minimum Gasteiger partial charge on any atom is -0.387 e. The Morgan fingerprint density at radius 1 is 1.31 bits per heavy atom. The molecule has 2 atom stereocenters. The van der Waals surface area contributed by atoms with Gasteiger partial charge in [0.05, 0.1) is 12.8 Å². The quantitative estimate of drug-likeness (QED) is 0.598. The lowest BCUT2D eigenvalue weighted by atomic mass is 10.0. The highest BCUT2D eigenvalue weighted by atomic mass is 16.3. The van der Waals surface area contributed by atoms with Crippen molar-refractivity contribution in [1.82, 2.24) is 5.32 Å². The second kappa shape index (κ2) is 4.97. The smallest absolute Gasteiger partial charge is 0.0941 e. The summed E-state index contributed by atoms with van der Waals surface area (Å²) in [4.78, 5) is 0. The van der Waals surface area contributed by atoms with Gasteiger partial charge in [-0.3, -0.25) is 5.32 Å². The average molecular weight is 181 g/mol. The van der Waals surface area contributed by atoms with Crippen molar-refractivity contribution >= 4 is 0 Å². The van der Waals surface area contributed by atoms with E-state index in [0.717, 1.165) is 5.56 Å². The second-order valence-corrected chi connectivity index (χ2v) is 3.01. The lowest BCUT2D eigenvalue weighted by Crippen LogP contribution is -2.32. The van der Waals surface area contributed by atoms with Crippen LogP contribution < -0.4 is 5.32 Å². The maximum absolute atomic E-state index is 9.75. The second-order valence-electron chi connectivity index (χ2n) is 3.01. The van der Waals surface area contributed by atoms with Crippen molar-refractivity contribution in [2.24, 2.45) is 0 Å². The van der Waals surface area contributed by atoms with E-state index >= 15 is 0 Å². The fourth-order valence-electron chi connectivity index (χ4n) is 1.19. The van der Waals surface area contributed by atoms with Gasteiger partial charge in [-0.05, 0) is 12.5 Å². The molecule has 0 unspecified atom stereocenters. The number of hydrogen-bond acceptors (Lipinski definition) is 3. The largest absolute Gasteiger partial charge is 0.387 e. The molecule has 0 aromatic heterocycles. The third kappa shape index (κ3) is 2.81. The summed E-state index contributed by atoms with van der Waals surface area (Å²) in [5, 5.41) is 21.1. The molecule has 0 aliphatic rings. The first kappa shape index (κ1) is 10.2. The normalized spacial score (nSPS) is 15.3. The first-order valence-electron chi connectivity index (χ1n) is 4.33. The topological polar surface area (TPSA) is 52.5 Å². The van der Waals surface area contributed by atoms with E-state index in [-0.39, 0.29) is 12.8 Å². The van der Waals surface area contributed by atoms with Crippen LogP contribution in [0.1, 0.15) is 18.6 Å². The van der Waals surface area contributed by atoms with Gasteiger partial charge in [0.1, 0.15) is 0 Å². The first-order valence-corrected chi connectivity index (χ1v) is 4.33. The minimum atomic E-state index is -0.576. The Balaban J connectivity index is 2.62. The summed E-state index contributed by atoms with van der Waals surface area (Å²) in [5.41, 5.74) is 0.857. The Morgan fingerprint density at radius 3 is 2.46 bits per heavy atom.